The molecule has 6 nitrogen and oxygen atoms in total. The number of likely N-dealkylation sites (N-methyl/N-ethyl adjacent to an activating group) is 1. The van der Waals surface area contributed by atoms with Gasteiger partial charge in [0.05, 0.1) is 10.5 Å². The van der Waals surface area contributed by atoms with Crippen LogP contribution in [0, 0.1) is 5.92 Å². The molecule has 4 rings (SSSR count). The number of carbonyl (C=O) groups is 1. The van der Waals surface area contributed by atoms with Gasteiger partial charge in [0.15, 0.2) is 0 Å². The van der Waals surface area contributed by atoms with Gasteiger partial charge in [-0.25, -0.2) is 4.98 Å². The van der Waals surface area contributed by atoms with Gasteiger partial charge < -0.3 is 4.90 Å². The minimum atomic E-state index is -0.180. The van der Waals surface area contributed by atoms with Crippen molar-refractivity contribution in [3.05, 3.63) is 45.2 Å². The highest BCUT2D eigenvalue weighted by molar-refractivity contribution is 8.26. The third-order valence-corrected chi connectivity index (χ3v) is 6.58. The number of rotatable bonds is 2. The van der Waals surface area contributed by atoms with Crippen LogP contribution in [-0.2, 0) is 4.79 Å². The second-order valence-corrected chi connectivity index (χ2v) is 8.67. The number of thioether (sulfide) groups is 1. The molecule has 0 spiro atoms. The van der Waals surface area contributed by atoms with Gasteiger partial charge in [-0.2, -0.15) is 0 Å². The van der Waals surface area contributed by atoms with E-state index in [0.29, 0.717) is 32.2 Å². The summed E-state index contributed by atoms with van der Waals surface area (Å²) in [5, 5.41) is 0. The summed E-state index contributed by atoms with van der Waals surface area (Å²) in [6.45, 7) is 3.95. The predicted octanol–water partition coefficient (Wildman–Crippen LogP) is 2.76. The molecule has 4 heterocycles. The van der Waals surface area contributed by atoms with Gasteiger partial charge in [0, 0.05) is 26.3 Å². The van der Waals surface area contributed by atoms with Gasteiger partial charge in [-0.05, 0) is 37.0 Å². The molecule has 2 aliphatic heterocycles. The zero-order chi connectivity index (χ0) is 19.1. The van der Waals surface area contributed by atoms with E-state index >= 15 is 0 Å². The van der Waals surface area contributed by atoms with E-state index in [1.165, 1.54) is 21.1 Å². The number of aromatic nitrogens is 2. The molecule has 27 heavy (non-hydrogen) atoms. The van der Waals surface area contributed by atoms with E-state index in [1.54, 1.807) is 25.4 Å². The molecular formula is C19H20N4O2S2. The number of piperidine rings is 1. The van der Waals surface area contributed by atoms with E-state index in [-0.39, 0.29) is 11.5 Å². The van der Waals surface area contributed by atoms with Crippen LogP contribution in [0.5, 0.6) is 0 Å². The highest BCUT2D eigenvalue weighted by Gasteiger charge is 2.30. The van der Waals surface area contributed by atoms with Crippen molar-refractivity contribution in [3.63, 3.8) is 0 Å². The van der Waals surface area contributed by atoms with Crippen molar-refractivity contribution in [2.45, 2.75) is 19.8 Å². The maximum atomic E-state index is 13.2. The molecule has 2 aromatic heterocycles. The Kier molecular flexibility index (Phi) is 4.77. The molecule has 2 aromatic rings. The van der Waals surface area contributed by atoms with Crippen LogP contribution in [0.1, 0.15) is 25.3 Å². The van der Waals surface area contributed by atoms with Gasteiger partial charge in [-0.15, -0.1) is 0 Å². The largest absolute Gasteiger partial charge is 0.356 e. The molecule has 0 N–H and O–H groups in total. The molecule has 8 heteroatoms. The minimum absolute atomic E-state index is 0.171. The second kappa shape index (κ2) is 7.09. The molecule has 0 bridgehead atoms. The average Bonchev–Trinajstić information content (AvgIpc) is 2.91. The SMILES string of the molecule is CC1CCN(c2nc3ccccn3c(=O)c2/C=C2/SC(=S)N(C)C2=O)CC1. The van der Waals surface area contributed by atoms with Crippen molar-refractivity contribution in [2.75, 3.05) is 25.0 Å². The highest BCUT2D eigenvalue weighted by Crippen LogP contribution is 2.33. The molecule has 2 aliphatic rings. The Balaban J connectivity index is 1.88. The Morgan fingerprint density at radius 2 is 2.00 bits per heavy atom. The lowest BCUT2D eigenvalue weighted by Gasteiger charge is -2.32. The maximum Gasteiger partial charge on any atom is 0.267 e. The van der Waals surface area contributed by atoms with E-state index in [0.717, 1.165) is 25.9 Å². The number of pyridine rings is 1. The van der Waals surface area contributed by atoms with Crippen LogP contribution in [0.15, 0.2) is 34.1 Å². The maximum absolute atomic E-state index is 13.2. The summed E-state index contributed by atoms with van der Waals surface area (Å²) in [4.78, 5) is 34.4. The van der Waals surface area contributed by atoms with Crippen molar-refractivity contribution in [1.29, 1.82) is 0 Å². The number of fused-ring (bicyclic) bond motifs is 1. The fourth-order valence-corrected chi connectivity index (χ4v) is 4.52. The molecule has 0 unspecified atom stereocenters. The van der Waals surface area contributed by atoms with Gasteiger partial charge >= 0.3 is 0 Å². The first kappa shape index (κ1) is 18.2. The fourth-order valence-electron chi connectivity index (χ4n) is 3.36. The molecule has 2 fully saturated rings. The van der Waals surface area contributed by atoms with Crippen LogP contribution >= 0.6 is 24.0 Å². The Labute approximate surface area is 166 Å². The molecule has 0 radical (unpaired) electrons. The average molecular weight is 401 g/mol. The van der Waals surface area contributed by atoms with Gasteiger partial charge in [-0.1, -0.05) is 37.0 Å². The number of carbonyl (C=O) groups excluding carboxylic acids is 1. The lowest BCUT2D eigenvalue weighted by Crippen LogP contribution is -2.36. The van der Waals surface area contributed by atoms with Crippen LogP contribution in [0.25, 0.3) is 11.7 Å². The number of thiocarbonyl (C=S) groups is 1. The molecule has 0 atom stereocenters. The van der Waals surface area contributed by atoms with Gasteiger partial charge in [0.2, 0.25) is 0 Å². The standard InChI is InChI=1S/C19H20N4O2S2/c1-12-6-9-22(10-7-12)16-13(11-14-18(25)21(2)19(26)27-14)17(24)23-8-4-3-5-15(23)20-16/h3-5,8,11-12H,6-7,9-10H2,1-2H3/b14-11+. The highest BCUT2D eigenvalue weighted by atomic mass is 32.2. The predicted molar refractivity (Wildman–Crippen MR) is 113 cm³/mol. The second-order valence-electron chi connectivity index (χ2n) is 6.99. The van der Waals surface area contributed by atoms with Crippen molar-refractivity contribution in [2.24, 2.45) is 5.92 Å². The van der Waals surface area contributed by atoms with Crippen molar-refractivity contribution in [3.8, 4) is 0 Å². The lowest BCUT2D eigenvalue weighted by atomic mass is 9.99. The number of hydrogen-bond donors (Lipinski definition) is 0. The summed E-state index contributed by atoms with van der Waals surface area (Å²) in [7, 11) is 1.65. The van der Waals surface area contributed by atoms with E-state index < -0.39 is 0 Å². The van der Waals surface area contributed by atoms with E-state index in [9.17, 15) is 9.59 Å². The Morgan fingerprint density at radius 1 is 1.26 bits per heavy atom. The van der Waals surface area contributed by atoms with Crippen molar-refractivity contribution >= 4 is 51.7 Å². The zero-order valence-electron chi connectivity index (χ0n) is 15.2. The van der Waals surface area contributed by atoms with Crippen LogP contribution in [0.2, 0.25) is 0 Å². The number of hydrogen-bond acceptors (Lipinski definition) is 6. The van der Waals surface area contributed by atoms with Crippen molar-refractivity contribution in [1.82, 2.24) is 14.3 Å². The van der Waals surface area contributed by atoms with E-state index in [1.807, 2.05) is 12.1 Å². The van der Waals surface area contributed by atoms with Crippen LogP contribution in [0.3, 0.4) is 0 Å². The molecule has 0 saturated carbocycles. The summed E-state index contributed by atoms with van der Waals surface area (Å²) in [5.74, 6) is 1.14. The summed E-state index contributed by atoms with van der Waals surface area (Å²) in [6, 6.07) is 5.49. The Bertz CT molecular complexity index is 1020. The molecule has 1 amide bonds. The van der Waals surface area contributed by atoms with E-state index in [2.05, 4.69) is 11.8 Å². The number of amides is 1. The summed E-state index contributed by atoms with van der Waals surface area (Å²) >= 11 is 6.43. The quantitative estimate of drug-likeness (QED) is 0.571. The summed E-state index contributed by atoms with van der Waals surface area (Å²) in [5.41, 5.74) is 0.883. The Hall–Kier alpha value is -2.19. The van der Waals surface area contributed by atoms with Crippen LogP contribution in [-0.4, -0.2) is 44.6 Å². The molecular weight excluding hydrogens is 380 g/mol. The fraction of sp³-hybridized carbons (Fsp3) is 0.368. The molecule has 2 saturated heterocycles. The molecule has 0 aliphatic carbocycles. The first-order chi connectivity index (χ1) is 13.0. The van der Waals surface area contributed by atoms with Crippen molar-refractivity contribution < 1.29 is 4.79 Å². The van der Waals surface area contributed by atoms with Gasteiger partial charge in [0.25, 0.3) is 11.5 Å². The third kappa shape index (κ3) is 3.27. The van der Waals surface area contributed by atoms with Gasteiger partial charge in [0.1, 0.15) is 15.8 Å². The molecule has 140 valence electrons. The summed E-state index contributed by atoms with van der Waals surface area (Å²) in [6.07, 6.45) is 5.48. The topological polar surface area (TPSA) is 57.9 Å². The van der Waals surface area contributed by atoms with Crippen LogP contribution in [0.4, 0.5) is 5.82 Å². The first-order valence-corrected chi connectivity index (χ1v) is 10.2. The van der Waals surface area contributed by atoms with Crippen LogP contribution < -0.4 is 10.5 Å². The number of anilines is 1. The minimum Gasteiger partial charge on any atom is -0.356 e. The first-order valence-electron chi connectivity index (χ1n) is 8.93. The van der Waals surface area contributed by atoms with Gasteiger partial charge in [-0.3, -0.25) is 18.9 Å². The number of nitrogens with zero attached hydrogens (tertiary/aromatic N) is 4. The molecule has 0 aromatic carbocycles. The van der Waals surface area contributed by atoms with E-state index in [4.69, 9.17) is 17.2 Å². The smallest absolute Gasteiger partial charge is 0.267 e. The monoisotopic (exact) mass is 400 g/mol. The summed E-state index contributed by atoms with van der Waals surface area (Å²) < 4.78 is 2.02. The zero-order valence-corrected chi connectivity index (χ0v) is 16.8. The third-order valence-electron chi connectivity index (χ3n) is 5.09. The lowest BCUT2D eigenvalue weighted by molar-refractivity contribution is -0.121. The Morgan fingerprint density at radius 3 is 2.67 bits per heavy atom. The normalized spacial score (nSPS) is 20.3.